The number of imidazole rings is 1. The summed E-state index contributed by atoms with van der Waals surface area (Å²) in [4.78, 5) is 9.74. The predicted octanol–water partition coefficient (Wildman–Crippen LogP) is 2.23. The molecule has 0 amide bonds. The first kappa shape index (κ1) is 10.1. The van der Waals surface area contributed by atoms with Gasteiger partial charge in [0.25, 0.3) is 0 Å². The first-order valence-electron chi connectivity index (χ1n) is 4.64. The molecular weight excluding hydrogens is 208 g/mol. The lowest BCUT2D eigenvalue weighted by atomic mass is 10.2. The highest BCUT2D eigenvalue weighted by Crippen LogP contribution is 2.10. The van der Waals surface area contributed by atoms with Gasteiger partial charge in [0.05, 0.1) is 6.20 Å². The number of rotatable bonds is 4. The van der Waals surface area contributed by atoms with Crippen molar-refractivity contribution in [3.63, 3.8) is 0 Å². The van der Waals surface area contributed by atoms with E-state index in [0.29, 0.717) is 6.61 Å². The van der Waals surface area contributed by atoms with Gasteiger partial charge in [-0.25, -0.2) is 4.98 Å². The summed E-state index contributed by atoms with van der Waals surface area (Å²) in [6.45, 7) is 0.560. The van der Waals surface area contributed by atoms with Gasteiger partial charge in [0, 0.05) is 6.20 Å². The molecule has 0 aliphatic heterocycles. The van der Waals surface area contributed by atoms with Crippen LogP contribution in [0.1, 0.15) is 5.56 Å². The van der Waals surface area contributed by atoms with E-state index in [1.54, 1.807) is 22.7 Å². The summed E-state index contributed by atoms with van der Waals surface area (Å²) in [6.07, 6.45) is 5.52. The minimum atomic E-state index is 0.560. The molecule has 15 heavy (non-hydrogen) atoms. The zero-order valence-corrected chi connectivity index (χ0v) is 9.28. The fraction of sp³-hybridized carbons (Fsp3) is 0.182. The molecule has 1 aromatic heterocycles. The standard InChI is InChI=1S/C11H12N2OS/c1-15-11-12-7-8-13(11)14-9-10-5-3-2-4-6-10/h2-8H,9H2,1H3. The van der Waals surface area contributed by atoms with Crippen LogP contribution < -0.4 is 4.84 Å². The highest BCUT2D eigenvalue weighted by Gasteiger charge is 2.01. The summed E-state index contributed by atoms with van der Waals surface area (Å²) in [5.74, 6) is 0. The number of nitrogens with zero attached hydrogens (tertiary/aromatic N) is 2. The summed E-state index contributed by atoms with van der Waals surface area (Å²) < 4.78 is 1.69. The van der Waals surface area contributed by atoms with E-state index in [1.807, 2.05) is 42.8 Å². The molecule has 3 nitrogen and oxygen atoms in total. The third-order valence-electron chi connectivity index (χ3n) is 1.97. The Labute approximate surface area is 93.0 Å². The van der Waals surface area contributed by atoms with Gasteiger partial charge in [-0.3, -0.25) is 0 Å². The van der Waals surface area contributed by atoms with E-state index in [1.165, 1.54) is 0 Å². The van der Waals surface area contributed by atoms with Crippen LogP contribution in [-0.4, -0.2) is 16.0 Å². The molecule has 0 saturated carbocycles. The highest BCUT2D eigenvalue weighted by atomic mass is 32.2. The maximum Gasteiger partial charge on any atom is 0.202 e. The molecule has 0 aliphatic carbocycles. The molecule has 78 valence electrons. The summed E-state index contributed by atoms with van der Waals surface area (Å²) >= 11 is 1.56. The van der Waals surface area contributed by atoms with Crippen molar-refractivity contribution >= 4 is 11.8 Å². The number of thioether (sulfide) groups is 1. The zero-order chi connectivity index (χ0) is 10.5. The smallest absolute Gasteiger partial charge is 0.202 e. The molecule has 0 spiro atoms. The molecule has 2 rings (SSSR count). The molecular formula is C11H12N2OS. The maximum absolute atomic E-state index is 5.59. The Bertz CT molecular complexity index is 414. The molecule has 0 bridgehead atoms. The lowest BCUT2D eigenvalue weighted by Gasteiger charge is -2.07. The van der Waals surface area contributed by atoms with E-state index in [9.17, 15) is 0 Å². The van der Waals surface area contributed by atoms with Crippen molar-refractivity contribution in [2.45, 2.75) is 11.8 Å². The summed E-state index contributed by atoms with van der Waals surface area (Å²) in [5.41, 5.74) is 1.15. The molecule has 0 unspecified atom stereocenters. The van der Waals surface area contributed by atoms with E-state index in [2.05, 4.69) is 4.98 Å². The van der Waals surface area contributed by atoms with Gasteiger partial charge in [0.2, 0.25) is 5.16 Å². The SMILES string of the molecule is CSc1nccn1OCc1ccccc1. The zero-order valence-electron chi connectivity index (χ0n) is 8.46. The Hall–Kier alpha value is -1.42. The molecule has 0 N–H and O–H groups in total. The van der Waals surface area contributed by atoms with Crippen molar-refractivity contribution in [1.82, 2.24) is 9.71 Å². The average Bonchev–Trinajstić information content (AvgIpc) is 2.75. The van der Waals surface area contributed by atoms with Crippen molar-refractivity contribution in [3.8, 4) is 0 Å². The number of benzene rings is 1. The lowest BCUT2D eigenvalue weighted by Crippen LogP contribution is -2.10. The van der Waals surface area contributed by atoms with Crippen LogP contribution in [-0.2, 0) is 6.61 Å². The van der Waals surface area contributed by atoms with Crippen molar-refractivity contribution in [2.24, 2.45) is 0 Å². The second-order valence-electron chi connectivity index (χ2n) is 3.00. The molecule has 0 radical (unpaired) electrons. The average molecular weight is 220 g/mol. The van der Waals surface area contributed by atoms with Crippen LogP contribution in [0.3, 0.4) is 0 Å². The number of aromatic nitrogens is 2. The van der Waals surface area contributed by atoms with Crippen molar-refractivity contribution in [1.29, 1.82) is 0 Å². The predicted molar refractivity (Wildman–Crippen MR) is 60.7 cm³/mol. The summed E-state index contributed by atoms with van der Waals surface area (Å²) in [5, 5.41) is 0.867. The van der Waals surface area contributed by atoms with Crippen LogP contribution in [0, 0.1) is 0 Å². The van der Waals surface area contributed by atoms with E-state index in [-0.39, 0.29) is 0 Å². The quantitative estimate of drug-likeness (QED) is 0.739. The molecule has 1 aromatic carbocycles. The number of hydrogen-bond acceptors (Lipinski definition) is 3. The van der Waals surface area contributed by atoms with Crippen molar-refractivity contribution in [2.75, 3.05) is 6.26 Å². The van der Waals surface area contributed by atoms with Crippen molar-refractivity contribution in [3.05, 3.63) is 48.3 Å². The topological polar surface area (TPSA) is 27.1 Å². The first-order valence-corrected chi connectivity index (χ1v) is 5.87. The van der Waals surface area contributed by atoms with Gasteiger partial charge in [-0.05, 0) is 11.8 Å². The Morgan fingerprint density at radius 3 is 2.87 bits per heavy atom. The van der Waals surface area contributed by atoms with E-state index < -0.39 is 0 Å². The molecule has 0 saturated heterocycles. The first-order chi connectivity index (χ1) is 7.40. The molecule has 4 heteroatoms. The Morgan fingerprint density at radius 1 is 1.33 bits per heavy atom. The normalized spacial score (nSPS) is 10.2. The Morgan fingerprint density at radius 2 is 2.13 bits per heavy atom. The fourth-order valence-electron chi connectivity index (χ4n) is 1.24. The van der Waals surface area contributed by atoms with E-state index >= 15 is 0 Å². The van der Waals surface area contributed by atoms with Gasteiger partial charge in [-0.15, -0.1) is 0 Å². The van der Waals surface area contributed by atoms with Crippen LogP contribution in [0.2, 0.25) is 0 Å². The maximum atomic E-state index is 5.59. The van der Waals surface area contributed by atoms with Gasteiger partial charge in [0.1, 0.15) is 6.61 Å². The van der Waals surface area contributed by atoms with Gasteiger partial charge in [-0.1, -0.05) is 42.1 Å². The second-order valence-corrected chi connectivity index (χ2v) is 3.77. The third-order valence-corrected chi connectivity index (χ3v) is 2.62. The van der Waals surface area contributed by atoms with Gasteiger partial charge < -0.3 is 4.84 Å². The van der Waals surface area contributed by atoms with E-state index in [4.69, 9.17) is 4.84 Å². The largest absolute Gasteiger partial charge is 0.407 e. The van der Waals surface area contributed by atoms with Crippen LogP contribution >= 0.6 is 11.8 Å². The summed E-state index contributed by atoms with van der Waals surface area (Å²) in [6, 6.07) is 10.1. The molecule has 0 fully saturated rings. The van der Waals surface area contributed by atoms with Gasteiger partial charge >= 0.3 is 0 Å². The third kappa shape index (κ3) is 2.53. The van der Waals surface area contributed by atoms with Gasteiger partial charge in [0.15, 0.2) is 0 Å². The molecule has 1 heterocycles. The molecule has 2 aromatic rings. The number of hydrogen-bond donors (Lipinski definition) is 0. The van der Waals surface area contributed by atoms with E-state index in [0.717, 1.165) is 10.7 Å². The molecule has 0 aliphatic rings. The van der Waals surface area contributed by atoms with Crippen molar-refractivity contribution < 1.29 is 4.84 Å². The lowest BCUT2D eigenvalue weighted by molar-refractivity contribution is 0.0786. The summed E-state index contributed by atoms with van der Waals surface area (Å²) in [7, 11) is 0. The minimum Gasteiger partial charge on any atom is -0.407 e. The van der Waals surface area contributed by atoms with Crippen LogP contribution in [0.15, 0.2) is 47.9 Å². The fourth-order valence-corrected chi connectivity index (χ4v) is 1.70. The Balaban J connectivity index is 1.99. The highest BCUT2D eigenvalue weighted by molar-refractivity contribution is 7.98. The Kier molecular flexibility index (Phi) is 3.29. The monoisotopic (exact) mass is 220 g/mol. The second kappa shape index (κ2) is 4.89. The molecule has 0 atom stereocenters. The van der Waals surface area contributed by atoms with Gasteiger partial charge in [-0.2, -0.15) is 4.73 Å². The minimum absolute atomic E-state index is 0.560. The van der Waals surface area contributed by atoms with Crippen LogP contribution in [0.25, 0.3) is 0 Å². The van der Waals surface area contributed by atoms with Crippen LogP contribution in [0.5, 0.6) is 0 Å². The van der Waals surface area contributed by atoms with Crippen LogP contribution in [0.4, 0.5) is 0 Å².